The largest absolute Gasteiger partial charge is 0.452 e. The lowest BCUT2D eigenvalue weighted by Gasteiger charge is -2.10. The highest BCUT2D eigenvalue weighted by atomic mass is 35.5. The number of esters is 1. The molecule has 0 aliphatic carbocycles. The molecule has 3 rings (SSSR count). The quantitative estimate of drug-likeness (QED) is 0.580. The van der Waals surface area contributed by atoms with E-state index in [1.165, 1.54) is 12.1 Å². The highest BCUT2D eigenvalue weighted by Crippen LogP contribution is 2.18. The monoisotopic (exact) mass is 431 g/mol. The van der Waals surface area contributed by atoms with Crippen LogP contribution in [-0.4, -0.2) is 38.7 Å². The van der Waals surface area contributed by atoms with Crippen LogP contribution in [0.1, 0.15) is 15.9 Å². The number of aromatic nitrogens is 2. The molecular weight excluding hydrogens is 414 g/mol. The molecular formula is C20H18ClN3O4S. The molecule has 1 atom stereocenters. The van der Waals surface area contributed by atoms with Gasteiger partial charge in [0.15, 0.2) is 6.61 Å². The van der Waals surface area contributed by atoms with E-state index in [0.717, 1.165) is 5.56 Å². The summed E-state index contributed by atoms with van der Waals surface area (Å²) in [6.07, 6.45) is 3.10. The predicted octanol–water partition coefficient (Wildman–Crippen LogP) is 3.12. The summed E-state index contributed by atoms with van der Waals surface area (Å²) in [5.74, 6) is -0.676. The normalized spacial score (nSPS) is 11.7. The molecule has 0 aliphatic rings. The van der Waals surface area contributed by atoms with E-state index < -0.39 is 29.3 Å². The molecule has 0 aliphatic heterocycles. The van der Waals surface area contributed by atoms with Gasteiger partial charge in [0.1, 0.15) is 5.82 Å². The maximum atomic E-state index is 12.2. The highest BCUT2D eigenvalue weighted by molar-refractivity contribution is 7.84. The number of carbonyl (C=O) groups excluding carboxylic acids is 2. The molecule has 1 heterocycles. The van der Waals surface area contributed by atoms with Crippen molar-refractivity contribution in [3.63, 3.8) is 0 Å². The highest BCUT2D eigenvalue weighted by Gasteiger charge is 2.13. The number of benzene rings is 2. The zero-order chi connectivity index (χ0) is 20.8. The minimum Gasteiger partial charge on any atom is -0.452 e. The van der Waals surface area contributed by atoms with E-state index in [1.54, 1.807) is 41.4 Å². The van der Waals surface area contributed by atoms with Gasteiger partial charge in [-0.15, -0.1) is 0 Å². The fourth-order valence-electron chi connectivity index (χ4n) is 2.53. The van der Waals surface area contributed by atoms with Gasteiger partial charge in [-0.05, 0) is 35.9 Å². The van der Waals surface area contributed by atoms with Crippen LogP contribution in [0.4, 0.5) is 5.82 Å². The summed E-state index contributed by atoms with van der Waals surface area (Å²) in [5, 5.41) is 7.45. The van der Waals surface area contributed by atoms with E-state index in [9.17, 15) is 13.8 Å². The summed E-state index contributed by atoms with van der Waals surface area (Å²) < 4.78 is 18.0. The van der Waals surface area contributed by atoms with Crippen LogP contribution in [-0.2, 0) is 26.9 Å². The van der Waals surface area contributed by atoms with Crippen molar-refractivity contribution in [1.82, 2.24) is 9.78 Å². The van der Waals surface area contributed by atoms with Crippen molar-refractivity contribution in [3.8, 4) is 0 Å². The number of carbonyl (C=O) groups is 2. The molecule has 1 amide bonds. The Morgan fingerprint density at radius 1 is 1.14 bits per heavy atom. The average Bonchev–Trinajstić information content (AvgIpc) is 3.14. The summed E-state index contributed by atoms with van der Waals surface area (Å²) >= 11 is 6.17. The Morgan fingerprint density at radius 3 is 2.55 bits per heavy atom. The molecule has 29 heavy (non-hydrogen) atoms. The summed E-state index contributed by atoms with van der Waals surface area (Å²) in [5.41, 5.74) is 1.13. The minimum atomic E-state index is -1.13. The van der Waals surface area contributed by atoms with Crippen molar-refractivity contribution < 1.29 is 18.5 Å². The molecule has 1 aromatic heterocycles. The number of nitrogens with one attached hydrogen (secondary N) is 1. The Balaban J connectivity index is 1.56. The van der Waals surface area contributed by atoms with Crippen molar-refractivity contribution in [2.24, 2.45) is 0 Å². The zero-order valence-electron chi connectivity index (χ0n) is 15.5. The topological polar surface area (TPSA) is 90.3 Å². The van der Waals surface area contributed by atoms with Crippen molar-refractivity contribution in [2.45, 2.75) is 11.4 Å². The van der Waals surface area contributed by atoms with Crippen LogP contribution in [0.25, 0.3) is 0 Å². The zero-order valence-corrected chi connectivity index (χ0v) is 17.1. The van der Waals surface area contributed by atoms with E-state index in [1.807, 2.05) is 18.2 Å². The summed E-state index contributed by atoms with van der Waals surface area (Å²) in [6.45, 7) is -0.0647. The van der Waals surface area contributed by atoms with Gasteiger partial charge in [0.05, 0.1) is 18.3 Å². The number of rotatable bonds is 7. The Labute approximate surface area is 175 Å². The first kappa shape index (κ1) is 20.8. The Hall–Kier alpha value is -2.97. The molecule has 1 N–H and O–H groups in total. The molecule has 150 valence electrons. The van der Waals surface area contributed by atoms with Gasteiger partial charge >= 0.3 is 5.97 Å². The molecule has 0 saturated heterocycles. The number of halogens is 1. The van der Waals surface area contributed by atoms with E-state index in [0.29, 0.717) is 22.3 Å². The van der Waals surface area contributed by atoms with Crippen molar-refractivity contribution in [2.75, 3.05) is 18.2 Å². The number of amides is 1. The standard InChI is InChI=1S/C20H18ClN3O4S/c1-29(27)16-8-6-14(7-9-16)20(26)28-13-19(25)23-18-10-11-22-24(18)12-15-4-2-3-5-17(15)21/h2-11H,12-13H2,1H3,(H,23,25). The smallest absolute Gasteiger partial charge is 0.338 e. The Bertz CT molecular complexity index is 1050. The first-order valence-electron chi connectivity index (χ1n) is 8.59. The second kappa shape index (κ2) is 9.49. The maximum absolute atomic E-state index is 12.2. The molecule has 1 unspecified atom stereocenters. The molecule has 7 nitrogen and oxygen atoms in total. The van der Waals surface area contributed by atoms with Crippen LogP contribution in [0.3, 0.4) is 0 Å². The fourth-order valence-corrected chi connectivity index (χ4v) is 3.24. The maximum Gasteiger partial charge on any atom is 0.338 e. The third-order valence-corrected chi connectivity index (χ3v) is 5.32. The van der Waals surface area contributed by atoms with Gasteiger partial charge in [0.2, 0.25) is 0 Å². The number of anilines is 1. The third-order valence-electron chi connectivity index (χ3n) is 4.02. The summed E-state index contributed by atoms with van der Waals surface area (Å²) in [4.78, 5) is 24.8. The third kappa shape index (κ3) is 5.52. The van der Waals surface area contributed by atoms with Gasteiger partial charge < -0.3 is 10.1 Å². The van der Waals surface area contributed by atoms with Crippen LogP contribution < -0.4 is 5.32 Å². The van der Waals surface area contributed by atoms with E-state index in [2.05, 4.69) is 10.4 Å². The van der Waals surface area contributed by atoms with Crippen molar-refractivity contribution >= 4 is 40.1 Å². The van der Waals surface area contributed by atoms with Gasteiger partial charge in [0, 0.05) is 33.0 Å². The second-order valence-electron chi connectivity index (χ2n) is 6.07. The van der Waals surface area contributed by atoms with Gasteiger partial charge in [-0.1, -0.05) is 29.8 Å². The summed E-state index contributed by atoms with van der Waals surface area (Å²) in [6, 6.07) is 15.2. The second-order valence-corrected chi connectivity index (χ2v) is 7.86. The van der Waals surface area contributed by atoms with E-state index in [4.69, 9.17) is 16.3 Å². The van der Waals surface area contributed by atoms with Crippen LogP contribution in [0.15, 0.2) is 65.7 Å². The molecule has 0 spiro atoms. The predicted molar refractivity (Wildman–Crippen MR) is 110 cm³/mol. The lowest BCUT2D eigenvalue weighted by Crippen LogP contribution is -2.22. The number of hydrogen-bond acceptors (Lipinski definition) is 5. The molecule has 9 heteroatoms. The number of ether oxygens (including phenoxy) is 1. The van der Waals surface area contributed by atoms with Crippen LogP contribution in [0.5, 0.6) is 0 Å². The molecule has 0 radical (unpaired) electrons. The number of nitrogens with zero attached hydrogens (tertiary/aromatic N) is 2. The van der Waals surface area contributed by atoms with Gasteiger partial charge in [-0.2, -0.15) is 5.10 Å². The van der Waals surface area contributed by atoms with E-state index in [-0.39, 0.29) is 5.56 Å². The van der Waals surface area contributed by atoms with Gasteiger partial charge in [-0.25, -0.2) is 9.48 Å². The lowest BCUT2D eigenvalue weighted by atomic mass is 10.2. The SMILES string of the molecule is CS(=O)c1ccc(C(=O)OCC(=O)Nc2ccnn2Cc2ccccc2Cl)cc1. The fraction of sp³-hybridized carbons (Fsp3) is 0.150. The van der Waals surface area contributed by atoms with Crippen LogP contribution >= 0.6 is 11.6 Å². The first-order chi connectivity index (χ1) is 13.9. The minimum absolute atomic E-state index is 0.274. The number of hydrogen-bond donors (Lipinski definition) is 1. The molecule has 0 bridgehead atoms. The molecule has 3 aromatic rings. The van der Waals surface area contributed by atoms with Crippen molar-refractivity contribution in [1.29, 1.82) is 0 Å². The van der Waals surface area contributed by atoms with Crippen molar-refractivity contribution in [3.05, 3.63) is 76.9 Å². The average molecular weight is 432 g/mol. The molecule has 0 saturated carbocycles. The molecule has 2 aromatic carbocycles. The van der Waals surface area contributed by atoms with Gasteiger partial charge in [0.25, 0.3) is 5.91 Å². The first-order valence-corrected chi connectivity index (χ1v) is 10.5. The van der Waals surface area contributed by atoms with Gasteiger partial charge in [-0.3, -0.25) is 9.00 Å². The lowest BCUT2D eigenvalue weighted by molar-refractivity contribution is -0.119. The summed E-state index contributed by atoms with van der Waals surface area (Å²) in [7, 11) is -1.13. The van der Waals surface area contributed by atoms with Crippen LogP contribution in [0.2, 0.25) is 5.02 Å². The van der Waals surface area contributed by atoms with Crippen LogP contribution in [0, 0.1) is 0 Å². The molecule has 0 fully saturated rings. The van der Waals surface area contributed by atoms with E-state index >= 15 is 0 Å². The Kier molecular flexibility index (Phi) is 6.79. The Morgan fingerprint density at radius 2 is 1.86 bits per heavy atom.